The van der Waals surface area contributed by atoms with Crippen molar-refractivity contribution in [1.82, 2.24) is 4.98 Å². The summed E-state index contributed by atoms with van der Waals surface area (Å²) in [5.41, 5.74) is 2.38. The van der Waals surface area contributed by atoms with Crippen molar-refractivity contribution >= 4 is 32.9 Å². The van der Waals surface area contributed by atoms with Crippen LogP contribution in [0.15, 0.2) is 48.0 Å². The van der Waals surface area contributed by atoms with Gasteiger partial charge in [0.2, 0.25) is 0 Å². The minimum atomic E-state index is 0.826. The van der Waals surface area contributed by atoms with E-state index in [1.807, 2.05) is 31.3 Å². The largest absolute Gasteiger partial charge is 0.380 e. The summed E-state index contributed by atoms with van der Waals surface area (Å²) in [6.45, 7) is 0.826. The molecule has 3 rings (SSSR count). The van der Waals surface area contributed by atoms with Gasteiger partial charge in [0.15, 0.2) is 0 Å². The number of hydrogen-bond donors (Lipinski definition) is 1. The van der Waals surface area contributed by atoms with E-state index in [0.717, 1.165) is 18.1 Å². The van der Waals surface area contributed by atoms with Gasteiger partial charge in [-0.3, -0.25) is 0 Å². The number of nitrogens with zero attached hydrogens (tertiary/aromatic N) is 2. The number of fused-ring (bicyclic) bond motifs is 1. The smallest absolute Gasteiger partial charge is 0.128 e. The molecule has 2 aromatic heterocycles. The van der Waals surface area contributed by atoms with Gasteiger partial charge in [-0.25, -0.2) is 4.98 Å². The van der Waals surface area contributed by atoms with Gasteiger partial charge < -0.3 is 10.2 Å². The molecule has 0 saturated carbocycles. The van der Waals surface area contributed by atoms with E-state index in [9.17, 15) is 0 Å². The molecule has 4 heteroatoms. The molecule has 3 nitrogen and oxygen atoms in total. The minimum Gasteiger partial charge on any atom is -0.380 e. The second-order valence-corrected chi connectivity index (χ2v) is 5.82. The molecule has 0 amide bonds. The Hall–Kier alpha value is -2.07. The lowest BCUT2D eigenvalue weighted by Crippen LogP contribution is -2.10. The van der Waals surface area contributed by atoms with Gasteiger partial charge in [-0.2, -0.15) is 0 Å². The van der Waals surface area contributed by atoms with Gasteiger partial charge in [0, 0.05) is 25.3 Å². The summed E-state index contributed by atoms with van der Waals surface area (Å²) in [4.78, 5) is 6.40. The van der Waals surface area contributed by atoms with Crippen LogP contribution in [0.25, 0.3) is 10.1 Å². The lowest BCUT2D eigenvalue weighted by molar-refractivity contribution is 1.06. The van der Waals surface area contributed by atoms with Crippen LogP contribution in [0.1, 0.15) is 5.56 Å². The summed E-state index contributed by atoms with van der Waals surface area (Å²) in [5, 5.41) is 6.99. The SMILES string of the molecule is CN(C)c1ccc(NCc2csc3ccccc23)cn1. The summed E-state index contributed by atoms with van der Waals surface area (Å²) in [6.07, 6.45) is 1.88. The van der Waals surface area contributed by atoms with E-state index < -0.39 is 0 Å². The molecule has 0 atom stereocenters. The number of benzene rings is 1. The lowest BCUT2D eigenvalue weighted by Gasteiger charge is -2.12. The van der Waals surface area contributed by atoms with Crippen LogP contribution in [0.5, 0.6) is 0 Å². The molecule has 0 aliphatic heterocycles. The first-order valence-corrected chi connectivity index (χ1v) is 7.44. The Labute approximate surface area is 122 Å². The molecule has 20 heavy (non-hydrogen) atoms. The van der Waals surface area contributed by atoms with E-state index >= 15 is 0 Å². The number of rotatable bonds is 4. The van der Waals surface area contributed by atoms with Gasteiger partial charge in [0.25, 0.3) is 0 Å². The second kappa shape index (κ2) is 5.51. The maximum Gasteiger partial charge on any atom is 0.128 e. The van der Waals surface area contributed by atoms with Crippen molar-refractivity contribution < 1.29 is 0 Å². The maximum atomic E-state index is 4.41. The van der Waals surface area contributed by atoms with E-state index in [1.54, 1.807) is 11.3 Å². The maximum absolute atomic E-state index is 4.41. The molecule has 3 aromatic rings. The number of pyridine rings is 1. The van der Waals surface area contributed by atoms with Crippen LogP contribution in [0.4, 0.5) is 11.5 Å². The van der Waals surface area contributed by atoms with Crippen LogP contribution < -0.4 is 10.2 Å². The zero-order valence-corrected chi connectivity index (χ0v) is 12.4. The monoisotopic (exact) mass is 283 g/mol. The zero-order valence-electron chi connectivity index (χ0n) is 11.6. The molecule has 0 aliphatic carbocycles. The topological polar surface area (TPSA) is 28.2 Å². The van der Waals surface area contributed by atoms with Crippen LogP contribution in [-0.2, 0) is 6.54 Å². The standard InChI is InChI=1S/C16H17N3S/c1-19(2)16-8-7-13(10-18-16)17-9-12-11-20-15-6-4-3-5-14(12)15/h3-8,10-11,17H,9H2,1-2H3. The Bertz CT molecular complexity index is 701. The van der Waals surface area contributed by atoms with Crippen LogP contribution in [0.3, 0.4) is 0 Å². The van der Waals surface area contributed by atoms with Crippen molar-refractivity contribution in [1.29, 1.82) is 0 Å². The number of nitrogens with one attached hydrogen (secondary N) is 1. The Morgan fingerprint density at radius 1 is 1.15 bits per heavy atom. The molecule has 2 heterocycles. The zero-order chi connectivity index (χ0) is 13.9. The van der Waals surface area contributed by atoms with E-state index in [0.29, 0.717) is 0 Å². The second-order valence-electron chi connectivity index (χ2n) is 4.91. The highest BCUT2D eigenvalue weighted by Crippen LogP contribution is 2.26. The number of hydrogen-bond acceptors (Lipinski definition) is 4. The molecule has 0 aliphatic rings. The van der Waals surface area contributed by atoms with Gasteiger partial charge in [-0.05, 0) is 34.5 Å². The Kier molecular flexibility index (Phi) is 3.56. The van der Waals surface area contributed by atoms with Crippen molar-refractivity contribution in [2.24, 2.45) is 0 Å². The highest BCUT2D eigenvalue weighted by molar-refractivity contribution is 7.17. The van der Waals surface area contributed by atoms with Crippen molar-refractivity contribution in [3.63, 3.8) is 0 Å². The quantitative estimate of drug-likeness (QED) is 0.785. The highest BCUT2D eigenvalue weighted by Gasteiger charge is 2.03. The summed E-state index contributed by atoms with van der Waals surface area (Å²) in [6, 6.07) is 12.6. The van der Waals surface area contributed by atoms with E-state index in [-0.39, 0.29) is 0 Å². The van der Waals surface area contributed by atoms with Crippen molar-refractivity contribution in [2.45, 2.75) is 6.54 Å². The molecular weight excluding hydrogens is 266 g/mol. The van der Waals surface area contributed by atoms with Gasteiger partial charge in [-0.15, -0.1) is 11.3 Å². The first kappa shape index (κ1) is 12.9. The number of aromatic nitrogens is 1. The molecule has 0 bridgehead atoms. The summed E-state index contributed by atoms with van der Waals surface area (Å²) in [5.74, 6) is 0.969. The Morgan fingerprint density at radius 3 is 2.75 bits per heavy atom. The molecule has 0 fully saturated rings. The fourth-order valence-corrected chi connectivity index (χ4v) is 3.08. The first-order valence-electron chi connectivity index (χ1n) is 6.56. The van der Waals surface area contributed by atoms with Gasteiger partial charge in [0.05, 0.1) is 11.9 Å². The molecular formula is C16H17N3S. The fraction of sp³-hybridized carbons (Fsp3) is 0.188. The molecule has 1 aromatic carbocycles. The van der Waals surface area contributed by atoms with E-state index in [1.165, 1.54) is 15.6 Å². The third-order valence-electron chi connectivity index (χ3n) is 3.25. The van der Waals surface area contributed by atoms with Crippen molar-refractivity contribution in [3.05, 3.63) is 53.5 Å². The normalized spacial score (nSPS) is 10.7. The molecule has 0 unspecified atom stereocenters. The summed E-state index contributed by atoms with van der Waals surface area (Å²) >= 11 is 1.79. The minimum absolute atomic E-state index is 0.826. The summed E-state index contributed by atoms with van der Waals surface area (Å²) in [7, 11) is 3.99. The molecule has 1 N–H and O–H groups in total. The predicted octanol–water partition coefficient (Wildman–Crippen LogP) is 3.97. The average Bonchev–Trinajstić information content (AvgIpc) is 2.89. The molecule has 0 saturated heterocycles. The molecule has 102 valence electrons. The predicted molar refractivity (Wildman–Crippen MR) is 87.7 cm³/mol. The van der Waals surface area contributed by atoms with E-state index in [4.69, 9.17) is 0 Å². The third-order valence-corrected chi connectivity index (χ3v) is 4.26. The van der Waals surface area contributed by atoms with Crippen LogP contribution in [-0.4, -0.2) is 19.1 Å². The van der Waals surface area contributed by atoms with Crippen molar-refractivity contribution in [2.75, 3.05) is 24.3 Å². The van der Waals surface area contributed by atoms with Crippen LogP contribution in [0, 0.1) is 0 Å². The van der Waals surface area contributed by atoms with Crippen LogP contribution in [0.2, 0.25) is 0 Å². The van der Waals surface area contributed by atoms with Gasteiger partial charge in [0.1, 0.15) is 5.82 Å². The number of anilines is 2. The highest BCUT2D eigenvalue weighted by atomic mass is 32.1. The Morgan fingerprint density at radius 2 is 2.00 bits per heavy atom. The van der Waals surface area contributed by atoms with Gasteiger partial charge in [-0.1, -0.05) is 18.2 Å². The fourth-order valence-electron chi connectivity index (χ4n) is 2.12. The summed E-state index contributed by atoms with van der Waals surface area (Å²) < 4.78 is 1.34. The molecule has 0 radical (unpaired) electrons. The average molecular weight is 283 g/mol. The first-order chi connectivity index (χ1) is 9.74. The number of thiophene rings is 1. The van der Waals surface area contributed by atoms with Gasteiger partial charge >= 0.3 is 0 Å². The van der Waals surface area contributed by atoms with E-state index in [2.05, 4.69) is 46.0 Å². The Balaban J connectivity index is 1.73. The lowest BCUT2D eigenvalue weighted by atomic mass is 10.2. The third kappa shape index (κ3) is 2.60. The van der Waals surface area contributed by atoms with Crippen molar-refractivity contribution in [3.8, 4) is 0 Å². The molecule has 0 spiro atoms. The van der Waals surface area contributed by atoms with Crippen LogP contribution >= 0.6 is 11.3 Å².